The van der Waals surface area contributed by atoms with E-state index in [4.69, 9.17) is 60.4 Å². The Morgan fingerprint density at radius 1 is 0.667 bits per heavy atom. The van der Waals surface area contributed by atoms with Crippen LogP contribution in [0.3, 0.4) is 0 Å². The summed E-state index contributed by atoms with van der Waals surface area (Å²) in [6.07, 6.45) is 3.04. The lowest BCUT2D eigenvalue weighted by Gasteiger charge is -2.49. The summed E-state index contributed by atoms with van der Waals surface area (Å²) in [4.78, 5) is 40.2. The van der Waals surface area contributed by atoms with Crippen LogP contribution < -0.4 is 51.2 Å². The molecule has 2 aliphatic rings. The van der Waals surface area contributed by atoms with Gasteiger partial charge in [0, 0.05) is 32.0 Å². The first-order chi connectivity index (χ1) is 21.4. The molecule has 0 aliphatic heterocycles. The molecular formula is C27H53N13O5. The van der Waals surface area contributed by atoms with Crippen molar-refractivity contribution in [2.75, 3.05) is 45.9 Å². The number of rotatable bonds is 18. The Morgan fingerprint density at radius 3 is 1.82 bits per heavy atom. The molecular weight excluding hydrogens is 586 g/mol. The number of nitrogens with one attached hydrogen (secondary N) is 1. The summed E-state index contributed by atoms with van der Waals surface area (Å²) < 4.78 is 13.0. The molecule has 0 heterocycles. The minimum absolute atomic E-state index is 0.00763. The molecule has 18 nitrogen and oxygen atoms in total. The summed E-state index contributed by atoms with van der Waals surface area (Å²) in [7, 11) is 0. The minimum Gasteiger partial charge on any atom is -0.481 e. The highest BCUT2D eigenvalue weighted by molar-refractivity contribution is 5.80. The number of hydrogen-bond acceptors (Lipinski definition) is 8. The van der Waals surface area contributed by atoms with Crippen molar-refractivity contribution in [3.8, 4) is 0 Å². The molecule has 0 spiro atoms. The molecule has 0 aromatic carbocycles. The number of carbonyl (C=O) groups is 2. The normalized spacial score (nSPS) is 26.2. The molecule has 18 N–H and O–H groups in total. The third-order valence-corrected chi connectivity index (χ3v) is 8.41. The fraction of sp³-hybridized carbons (Fsp3) is 0.778. The average Bonchev–Trinajstić information content (AvgIpc) is 2.97. The number of aliphatic imine (C=N–C) groups is 4. The van der Waals surface area contributed by atoms with E-state index in [0.717, 1.165) is 25.7 Å². The molecule has 0 bridgehead atoms. The van der Waals surface area contributed by atoms with Crippen molar-refractivity contribution in [1.29, 1.82) is 0 Å². The molecule has 18 heteroatoms. The van der Waals surface area contributed by atoms with Gasteiger partial charge in [-0.2, -0.15) is 0 Å². The molecule has 0 aromatic heterocycles. The van der Waals surface area contributed by atoms with Gasteiger partial charge in [0.1, 0.15) is 0 Å². The van der Waals surface area contributed by atoms with E-state index in [1.54, 1.807) is 0 Å². The van der Waals surface area contributed by atoms with Crippen molar-refractivity contribution in [1.82, 2.24) is 5.32 Å². The summed E-state index contributed by atoms with van der Waals surface area (Å²) in [5.41, 5.74) is 44.9. The smallest absolute Gasteiger partial charge is 0.303 e. The van der Waals surface area contributed by atoms with Gasteiger partial charge in [0.2, 0.25) is 5.91 Å². The van der Waals surface area contributed by atoms with Crippen LogP contribution in [0, 0.1) is 29.6 Å². The summed E-state index contributed by atoms with van der Waals surface area (Å²) in [6.45, 7) is 2.07. The van der Waals surface area contributed by atoms with Gasteiger partial charge < -0.3 is 65.8 Å². The van der Waals surface area contributed by atoms with Gasteiger partial charge in [0.15, 0.2) is 23.8 Å². The van der Waals surface area contributed by atoms with Crippen LogP contribution in [0.15, 0.2) is 20.0 Å². The first-order valence-corrected chi connectivity index (χ1v) is 15.3. The van der Waals surface area contributed by atoms with Crippen LogP contribution in [0.5, 0.6) is 0 Å². The minimum atomic E-state index is -1.04. The second kappa shape index (κ2) is 19.4. The number of guanidine groups is 4. The topological polar surface area (TPSA) is 342 Å². The number of ether oxygens (including phenoxy) is 2. The van der Waals surface area contributed by atoms with Crippen LogP contribution in [0.1, 0.15) is 44.9 Å². The van der Waals surface area contributed by atoms with Gasteiger partial charge in [-0.3, -0.25) is 29.6 Å². The van der Waals surface area contributed by atoms with Gasteiger partial charge >= 0.3 is 5.97 Å². The highest BCUT2D eigenvalue weighted by atomic mass is 16.5. The Kier molecular flexibility index (Phi) is 16.0. The van der Waals surface area contributed by atoms with Crippen LogP contribution in [-0.4, -0.2) is 99.0 Å². The van der Waals surface area contributed by atoms with E-state index in [1.165, 1.54) is 0 Å². The number of nitrogens with two attached hydrogens (primary N) is 8. The molecule has 45 heavy (non-hydrogen) atoms. The molecule has 2 fully saturated rings. The lowest BCUT2D eigenvalue weighted by atomic mass is 9.61. The highest BCUT2D eigenvalue weighted by Crippen LogP contribution is 2.47. The fourth-order valence-electron chi connectivity index (χ4n) is 6.52. The third kappa shape index (κ3) is 13.6. The molecule has 2 aliphatic carbocycles. The number of hydrogen-bond donors (Lipinski definition) is 10. The summed E-state index contributed by atoms with van der Waals surface area (Å²) in [5.74, 6) is -1.22. The zero-order valence-corrected chi connectivity index (χ0v) is 25.9. The first-order valence-electron chi connectivity index (χ1n) is 15.3. The number of carboxylic acid groups (broad SMARTS) is 1. The zero-order valence-electron chi connectivity index (χ0n) is 25.9. The molecule has 2 saturated carbocycles. The second-order valence-corrected chi connectivity index (χ2v) is 11.5. The maximum Gasteiger partial charge on any atom is 0.303 e. The summed E-state index contributed by atoms with van der Waals surface area (Å²) in [6, 6.07) is 0. The third-order valence-electron chi connectivity index (χ3n) is 8.41. The van der Waals surface area contributed by atoms with E-state index in [9.17, 15) is 9.59 Å². The van der Waals surface area contributed by atoms with Crippen molar-refractivity contribution < 1.29 is 24.2 Å². The number of carbonyl (C=O) groups excluding carboxylic acids is 1. The van der Waals surface area contributed by atoms with Crippen LogP contribution in [0.2, 0.25) is 0 Å². The van der Waals surface area contributed by atoms with Crippen molar-refractivity contribution in [2.24, 2.45) is 95.4 Å². The van der Waals surface area contributed by atoms with E-state index < -0.39 is 18.2 Å². The Labute approximate surface area is 263 Å². The molecule has 2 rings (SSSR count). The molecule has 7 unspecified atom stereocenters. The standard InChI is InChI=1S/C27H53N13O5/c28-24(29)36-8-10-44-22-16(13-38-20(41)6-7-21(42)43)4-5-18(23(22)45-11-9-37-25(30)31)17-3-1-2-15(12-39-26(32)33)19(17)14-40-27(34)35/h15-19,22-23H,1-14H2,(H,38,41)(H,42,43)(H4,28,29,36)(H4,30,31,37)(H4,32,33,39)(H4,34,35,40). The van der Waals surface area contributed by atoms with Gasteiger partial charge in [-0.05, 0) is 49.4 Å². The molecule has 0 aromatic rings. The second-order valence-electron chi connectivity index (χ2n) is 11.5. The Morgan fingerprint density at radius 2 is 1.24 bits per heavy atom. The SMILES string of the molecule is NC(N)=NCCOC1C(CNC(=O)CCC(=O)O)CCC(C2CCCC(CN=C(N)N)C2CN=C(N)N)C1OCCN=C(N)N. The maximum atomic E-state index is 12.4. The molecule has 0 saturated heterocycles. The molecule has 0 radical (unpaired) electrons. The van der Waals surface area contributed by atoms with Gasteiger partial charge in [-0.1, -0.05) is 6.42 Å². The Balaban J connectivity index is 2.42. The van der Waals surface area contributed by atoms with Gasteiger partial charge in [-0.25, -0.2) is 0 Å². The number of aliphatic carboxylic acids is 1. The lowest BCUT2D eigenvalue weighted by molar-refractivity contribution is -0.156. The van der Waals surface area contributed by atoms with Gasteiger partial charge in [0.25, 0.3) is 0 Å². The molecule has 7 atom stereocenters. The largest absolute Gasteiger partial charge is 0.481 e. The van der Waals surface area contributed by atoms with E-state index in [2.05, 4.69) is 25.3 Å². The van der Waals surface area contributed by atoms with Crippen molar-refractivity contribution in [3.05, 3.63) is 0 Å². The highest BCUT2D eigenvalue weighted by Gasteiger charge is 2.48. The van der Waals surface area contributed by atoms with Crippen LogP contribution in [0.4, 0.5) is 0 Å². The lowest BCUT2D eigenvalue weighted by Crippen LogP contribution is -2.54. The summed E-state index contributed by atoms with van der Waals surface area (Å²) in [5, 5.41) is 11.8. The van der Waals surface area contributed by atoms with E-state index in [0.29, 0.717) is 19.5 Å². The maximum absolute atomic E-state index is 12.4. The van der Waals surface area contributed by atoms with Crippen molar-refractivity contribution >= 4 is 35.7 Å². The zero-order chi connectivity index (χ0) is 33.4. The predicted octanol–water partition coefficient (Wildman–Crippen LogP) is -3.11. The van der Waals surface area contributed by atoms with E-state index >= 15 is 0 Å². The summed E-state index contributed by atoms with van der Waals surface area (Å²) >= 11 is 0. The quantitative estimate of drug-likeness (QED) is 0.0404. The van der Waals surface area contributed by atoms with Crippen molar-refractivity contribution in [2.45, 2.75) is 57.2 Å². The predicted molar refractivity (Wildman–Crippen MR) is 173 cm³/mol. The van der Waals surface area contributed by atoms with Crippen LogP contribution >= 0.6 is 0 Å². The average molecular weight is 640 g/mol. The Hall–Kier alpha value is -4.06. The fourth-order valence-corrected chi connectivity index (χ4v) is 6.52. The van der Waals surface area contributed by atoms with Crippen LogP contribution in [-0.2, 0) is 19.1 Å². The number of nitrogens with zero attached hydrogens (tertiary/aromatic N) is 4. The molecule has 256 valence electrons. The number of carboxylic acids is 1. The number of amides is 1. The monoisotopic (exact) mass is 639 g/mol. The molecule has 1 amide bonds. The van der Waals surface area contributed by atoms with Crippen LogP contribution in [0.25, 0.3) is 0 Å². The Bertz CT molecular complexity index is 1050. The van der Waals surface area contributed by atoms with Gasteiger partial charge in [-0.15, -0.1) is 0 Å². The first kappa shape index (κ1) is 37.1. The van der Waals surface area contributed by atoms with Crippen molar-refractivity contribution in [3.63, 3.8) is 0 Å². The van der Waals surface area contributed by atoms with Gasteiger partial charge in [0.05, 0.1) is 44.9 Å². The van der Waals surface area contributed by atoms with E-state index in [1.807, 2.05) is 0 Å². The van der Waals surface area contributed by atoms with E-state index in [-0.39, 0.29) is 105 Å².